The molecule has 1 heterocycles. The van der Waals surface area contributed by atoms with Crippen LogP contribution in [-0.2, 0) is 23.0 Å². The minimum Gasteiger partial charge on any atom is -0.469 e. The number of esters is 1. The summed E-state index contributed by atoms with van der Waals surface area (Å²) in [6, 6.07) is 8.04. The Morgan fingerprint density at radius 2 is 2.24 bits per heavy atom. The fourth-order valence-corrected chi connectivity index (χ4v) is 2.96. The Labute approximate surface area is 123 Å². The molecule has 0 N–H and O–H groups in total. The van der Waals surface area contributed by atoms with E-state index in [4.69, 9.17) is 4.74 Å². The van der Waals surface area contributed by atoms with E-state index in [1.807, 2.05) is 25.2 Å². The first-order valence-electron chi connectivity index (χ1n) is 7.05. The van der Waals surface area contributed by atoms with Crippen molar-refractivity contribution >= 4 is 5.97 Å². The molecule has 1 aliphatic carbocycles. The van der Waals surface area contributed by atoms with Crippen molar-refractivity contribution in [2.45, 2.75) is 25.7 Å². The third-order valence-corrected chi connectivity index (χ3v) is 4.28. The summed E-state index contributed by atoms with van der Waals surface area (Å²) in [5, 5.41) is 11.5. The van der Waals surface area contributed by atoms with Gasteiger partial charge in [-0.2, -0.15) is 0 Å². The number of nitrogens with zero attached hydrogens (tertiary/aromatic N) is 4. The molecule has 21 heavy (non-hydrogen) atoms. The molecule has 0 atom stereocenters. The van der Waals surface area contributed by atoms with Crippen LogP contribution in [-0.4, -0.2) is 33.3 Å². The van der Waals surface area contributed by atoms with Crippen molar-refractivity contribution in [1.29, 1.82) is 0 Å². The Hall–Kier alpha value is -2.24. The standard InChI is InChI=1S/C15H18N4O2/c1-19-13(16-17-18-19)12-6-3-5-11(9-12)10-15(7-4-8-15)14(20)21-2/h3,5-6,9H,4,7-8,10H2,1-2H3. The number of aromatic nitrogens is 4. The van der Waals surface area contributed by atoms with E-state index in [2.05, 4.69) is 21.6 Å². The molecule has 0 unspecified atom stereocenters. The highest BCUT2D eigenvalue weighted by Gasteiger charge is 2.45. The van der Waals surface area contributed by atoms with Gasteiger partial charge in [0.1, 0.15) is 0 Å². The number of tetrazole rings is 1. The normalized spacial score (nSPS) is 16.3. The summed E-state index contributed by atoms with van der Waals surface area (Å²) in [5.41, 5.74) is 1.73. The summed E-state index contributed by atoms with van der Waals surface area (Å²) >= 11 is 0. The second-order valence-electron chi connectivity index (χ2n) is 5.63. The average molecular weight is 286 g/mol. The topological polar surface area (TPSA) is 69.9 Å². The van der Waals surface area contributed by atoms with E-state index >= 15 is 0 Å². The molecular weight excluding hydrogens is 268 g/mol. The maximum atomic E-state index is 12.0. The second-order valence-corrected chi connectivity index (χ2v) is 5.63. The lowest BCUT2D eigenvalue weighted by molar-refractivity contribution is -0.158. The minimum absolute atomic E-state index is 0.0977. The van der Waals surface area contributed by atoms with E-state index in [9.17, 15) is 4.79 Å². The molecular formula is C15H18N4O2. The summed E-state index contributed by atoms with van der Waals surface area (Å²) in [5.74, 6) is 0.622. The van der Waals surface area contributed by atoms with E-state index in [0.29, 0.717) is 6.42 Å². The van der Waals surface area contributed by atoms with Crippen LogP contribution >= 0.6 is 0 Å². The van der Waals surface area contributed by atoms with Crippen molar-refractivity contribution < 1.29 is 9.53 Å². The van der Waals surface area contributed by atoms with Gasteiger partial charge in [0.2, 0.25) is 0 Å². The largest absolute Gasteiger partial charge is 0.469 e. The number of aryl methyl sites for hydroxylation is 1. The van der Waals surface area contributed by atoms with Gasteiger partial charge in [-0.15, -0.1) is 5.10 Å². The summed E-state index contributed by atoms with van der Waals surface area (Å²) in [6.07, 6.45) is 3.59. The molecule has 6 nitrogen and oxygen atoms in total. The first-order valence-corrected chi connectivity index (χ1v) is 7.05. The predicted molar refractivity (Wildman–Crippen MR) is 76.2 cm³/mol. The maximum absolute atomic E-state index is 12.0. The van der Waals surface area contributed by atoms with Crippen molar-refractivity contribution in [3.8, 4) is 11.4 Å². The number of hydrogen-bond acceptors (Lipinski definition) is 5. The van der Waals surface area contributed by atoms with Crippen LogP contribution < -0.4 is 0 Å². The zero-order valence-corrected chi connectivity index (χ0v) is 12.2. The van der Waals surface area contributed by atoms with Gasteiger partial charge >= 0.3 is 5.97 Å². The number of rotatable bonds is 4. The number of hydrogen-bond donors (Lipinski definition) is 0. The molecule has 1 fully saturated rings. The fourth-order valence-electron chi connectivity index (χ4n) is 2.96. The van der Waals surface area contributed by atoms with Gasteiger partial charge in [-0.1, -0.05) is 24.6 Å². The summed E-state index contributed by atoms with van der Waals surface area (Å²) < 4.78 is 6.61. The molecule has 0 aliphatic heterocycles. The Balaban J connectivity index is 1.87. The van der Waals surface area contributed by atoms with E-state index in [1.54, 1.807) is 4.68 Å². The molecule has 0 amide bonds. The third-order valence-electron chi connectivity index (χ3n) is 4.28. The van der Waals surface area contributed by atoms with E-state index in [0.717, 1.165) is 36.2 Å². The number of carbonyl (C=O) groups excluding carboxylic acids is 1. The van der Waals surface area contributed by atoms with Crippen LogP contribution in [0.3, 0.4) is 0 Å². The molecule has 0 radical (unpaired) electrons. The molecule has 6 heteroatoms. The fraction of sp³-hybridized carbons (Fsp3) is 0.467. The molecule has 110 valence electrons. The van der Waals surface area contributed by atoms with Gasteiger partial charge in [0.15, 0.2) is 5.82 Å². The van der Waals surface area contributed by atoms with Crippen LogP contribution in [0.1, 0.15) is 24.8 Å². The van der Waals surface area contributed by atoms with Crippen LogP contribution in [0.5, 0.6) is 0 Å². The molecule has 1 aromatic carbocycles. The van der Waals surface area contributed by atoms with Crippen molar-refractivity contribution in [2.24, 2.45) is 12.5 Å². The third kappa shape index (κ3) is 2.41. The minimum atomic E-state index is -0.342. The van der Waals surface area contributed by atoms with E-state index < -0.39 is 0 Å². The van der Waals surface area contributed by atoms with Gasteiger partial charge in [0.05, 0.1) is 12.5 Å². The van der Waals surface area contributed by atoms with Crippen LogP contribution in [0.4, 0.5) is 0 Å². The zero-order chi connectivity index (χ0) is 14.9. The molecule has 2 aromatic rings. The highest BCUT2D eigenvalue weighted by molar-refractivity contribution is 5.78. The second kappa shape index (κ2) is 5.27. The predicted octanol–water partition coefficient (Wildman–Crippen LogP) is 1.76. The van der Waals surface area contributed by atoms with Crippen molar-refractivity contribution in [2.75, 3.05) is 7.11 Å². The summed E-state index contributed by atoms with van der Waals surface area (Å²) in [7, 11) is 3.27. The van der Waals surface area contributed by atoms with Crippen LogP contribution in [0.25, 0.3) is 11.4 Å². The molecule has 0 bridgehead atoms. The Bertz CT molecular complexity index is 661. The number of carbonyl (C=O) groups is 1. The highest BCUT2D eigenvalue weighted by atomic mass is 16.5. The van der Waals surface area contributed by atoms with E-state index in [-0.39, 0.29) is 11.4 Å². The monoisotopic (exact) mass is 286 g/mol. The van der Waals surface area contributed by atoms with Crippen molar-refractivity contribution in [3.05, 3.63) is 29.8 Å². The highest BCUT2D eigenvalue weighted by Crippen LogP contribution is 2.44. The Morgan fingerprint density at radius 1 is 1.43 bits per heavy atom. The quantitative estimate of drug-likeness (QED) is 0.801. The molecule has 3 rings (SSSR count). The van der Waals surface area contributed by atoms with Crippen molar-refractivity contribution in [1.82, 2.24) is 20.2 Å². The van der Waals surface area contributed by atoms with Gasteiger partial charge in [0, 0.05) is 12.6 Å². The molecule has 1 saturated carbocycles. The lowest BCUT2D eigenvalue weighted by atomic mass is 9.65. The Morgan fingerprint density at radius 3 is 2.81 bits per heavy atom. The van der Waals surface area contributed by atoms with Gasteiger partial charge in [-0.05, 0) is 41.3 Å². The number of ether oxygens (including phenoxy) is 1. The van der Waals surface area contributed by atoms with Gasteiger partial charge in [0.25, 0.3) is 0 Å². The van der Waals surface area contributed by atoms with Gasteiger partial charge in [-0.25, -0.2) is 4.68 Å². The van der Waals surface area contributed by atoms with Crippen LogP contribution in [0.2, 0.25) is 0 Å². The van der Waals surface area contributed by atoms with Gasteiger partial charge in [-0.3, -0.25) is 4.79 Å². The SMILES string of the molecule is COC(=O)C1(Cc2cccc(-c3nnnn3C)c2)CCC1. The van der Waals surface area contributed by atoms with E-state index in [1.165, 1.54) is 7.11 Å². The summed E-state index contributed by atoms with van der Waals surface area (Å²) in [6.45, 7) is 0. The maximum Gasteiger partial charge on any atom is 0.312 e. The number of benzene rings is 1. The first kappa shape index (κ1) is 13.7. The molecule has 0 saturated heterocycles. The van der Waals surface area contributed by atoms with Crippen molar-refractivity contribution in [3.63, 3.8) is 0 Å². The molecule has 1 aliphatic rings. The van der Waals surface area contributed by atoms with Crippen LogP contribution in [0, 0.1) is 5.41 Å². The zero-order valence-electron chi connectivity index (χ0n) is 12.2. The molecule has 0 spiro atoms. The summed E-state index contributed by atoms with van der Waals surface area (Å²) in [4.78, 5) is 12.0. The lowest BCUT2D eigenvalue weighted by Crippen LogP contribution is -2.40. The lowest BCUT2D eigenvalue weighted by Gasteiger charge is -2.39. The first-order chi connectivity index (χ1) is 10.1. The number of methoxy groups -OCH3 is 1. The van der Waals surface area contributed by atoms with Crippen LogP contribution in [0.15, 0.2) is 24.3 Å². The smallest absolute Gasteiger partial charge is 0.312 e. The average Bonchev–Trinajstić information content (AvgIpc) is 2.88. The van der Waals surface area contributed by atoms with Gasteiger partial charge < -0.3 is 4.74 Å². The Kier molecular flexibility index (Phi) is 3.45. The molecule has 1 aromatic heterocycles.